The SMILES string of the molecule is CN(C)Cc1cc(=O)n2c(n1)CN(C(=O)C1CCOCC1)CCC2. The quantitative estimate of drug-likeness (QED) is 0.803. The summed E-state index contributed by atoms with van der Waals surface area (Å²) >= 11 is 0. The van der Waals surface area contributed by atoms with E-state index in [1.165, 1.54) is 0 Å². The van der Waals surface area contributed by atoms with Crippen LogP contribution in [0.5, 0.6) is 0 Å². The van der Waals surface area contributed by atoms with Crippen LogP contribution in [-0.4, -0.2) is 59.1 Å². The molecule has 1 fully saturated rings. The van der Waals surface area contributed by atoms with E-state index >= 15 is 0 Å². The Bertz CT molecular complexity index is 650. The molecule has 7 nitrogen and oxygen atoms in total. The van der Waals surface area contributed by atoms with Crippen LogP contribution in [0.1, 0.15) is 30.8 Å². The van der Waals surface area contributed by atoms with Gasteiger partial charge in [-0.1, -0.05) is 0 Å². The second-order valence-corrected chi connectivity index (χ2v) is 6.89. The van der Waals surface area contributed by atoms with Crippen LogP contribution in [0.4, 0.5) is 0 Å². The van der Waals surface area contributed by atoms with Gasteiger partial charge in [0.15, 0.2) is 0 Å². The molecule has 0 spiro atoms. The van der Waals surface area contributed by atoms with Crippen LogP contribution in [0.2, 0.25) is 0 Å². The maximum Gasteiger partial charge on any atom is 0.253 e. The molecule has 2 aliphatic rings. The topological polar surface area (TPSA) is 67.7 Å². The van der Waals surface area contributed by atoms with Crippen LogP contribution in [0.15, 0.2) is 10.9 Å². The molecule has 24 heavy (non-hydrogen) atoms. The predicted octanol–water partition coefficient (Wildman–Crippen LogP) is 0.464. The molecule has 132 valence electrons. The van der Waals surface area contributed by atoms with Crippen LogP contribution in [0, 0.1) is 5.92 Å². The molecule has 0 aromatic carbocycles. The molecule has 0 N–H and O–H groups in total. The molecule has 0 saturated carbocycles. The number of ether oxygens (including phenoxy) is 1. The van der Waals surface area contributed by atoms with Crippen LogP contribution in [0.25, 0.3) is 0 Å². The van der Waals surface area contributed by atoms with E-state index in [-0.39, 0.29) is 17.4 Å². The maximum absolute atomic E-state index is 12.8. The van der Waals surface area contributed by atoms with Crippen LogP contribution < -0.4 is 5.56 Å². The van der Waals surface area contributed by atoms with Crippen molar-refractivity contribution in [3.63, 3.8) is 0 Å². The lowest BCUT2D eigenvalue weighted by atomic mass is 9.98. The Kier molecular flexibility index (Phi) is 5.30. The Morgan fingerprint density at radius 2 is 2.08 bits per heavy atom. The molecule has 3 heterocycles. The van der Waals surface area contributed by atoms with Crippen molar-refractivity contribution in [2.45, 2.75) is 38.9 Å². The van der Waals surface area contributed by atoms with E-state index < -0.39 is 0 Å². The molecule has 0 aliphatic carbocycles. The van der Waals surface area contributed by atoms with Gasteiger partial charge in [-0.05, 0) is 33.4 Å². The average Bonchev–Trinajstić information content (AvgIpc) is 2.77. The minimum absolute atomic E-state index is 0.0165. The molecule has 2 aliphatic heterocycles. The number of hydrogen-bond acceptors (Lipinski definition) is 5. The number of fused-ring (bicyclic) bond motifs is 1. The number of rotatable bonds is 3. The molecule has 1 aromatic rings. The highest BCUT2D eigenvalue weighted by molar-refractivity contribution is 5.78. The van der Waals surface area contributed by atoms with Crippen molar-refractivity contribution in [2.24, 2.45) is 5.92 Å². The van der Waals surface area contributed by atoms with Crippen molar-refractivity contribution in [3.05, 3.63) is 27.9 Å². The predicted molar refractivity (Wildman–Crippen MR) is 89.5 cm³/mol. The summed E-state index contributed by atoms with van der Waals surface area (Å²) in [4.78, 5) is 33.7. The van der Waals surface area contributed by atoms with Gasteiger partial charge in [0.2, 0.25) is 5.91 Å². The normalized spacial score (nSPS) is 19.2. The molecule has 7 heteroatoms. The zero-order chi connectivity index (χ0) is 17.1. The van der Waals surface area contributed by atoms with Crippen molar-refractivity contribution >= 4 is 5.91 Å². The van der Waals surface area contributed by atoms with Gasteiger partial charge in [0.05, 0.1) is 12.2 Å². The standard InChI is InChI=1S/C17H26N4O3/c1-19(2)11-14-10-16(22)21-7-3-6-20(12-15(21)18-14)17(23)13-4-8-24-9-5-13/h10,13H,3-9,11-12H2,1-2H3. The van der Waals surface area contributed by atoms with Gasteiger partial charge in [-0.15, -0.1) is 0 Å². The first-order chi connectivity index (χ1) is 11.5. The van der Waals surface area contributed by atoms with Crippen molar-refractivity contribution in [1.29, 1.82) is 0 Å². The Labute approximate surface area is 142 Å². The van der Waals surface area contributed by atoms with E-state index in [0.717, 1.165) is 25.0 Å². The number of amides is 1. The van der Waals surface area contributed by atoms with Crippen LogP contribution in [-0.2, 0) is 29.2 Å². The Hall–Kier alpha value is -1.73. The van der Waals surface area contributed by atoms with Crippen molar-refractivity contribution < 1.29 is 9.53 Å². The summed E-state index contributed by atoms with van der Waals surface area (Å²) < 4.78 is 7.07. The van der Waals surface area contributed by atoms with E-state index in [0.29, 0.717) is 45.2 Å². The highest BCUT2D eigenvalue weighted by Crippen LogP contribution is 2.20. The van der Waals surface area contributed by atoms with Gasteiger partial charge in [-0.25, -0.2) is 4.98 Å². The van der Waals surface area contributed by atoms with E-state index in [4.69, 9.17) is 4.74 Å². The third-order valence-corrected chi connectivity index (χ3v) is 4.64. The van der Waals surface area contributed by atoms with Gasteiger partial charge in [-0.3, -0.25) is 14.2 Å². The first-order valence-electron chi connectivity index (χ1n) is 8.65. The molecule has 0 atom stereocenters. The summed E-state index contributed by atoms with van der Waals surface area (Å²) in [6.45, 7) is 3.67. The first kappa shape index (κ1) is 17.1. The maximum atomic E-state index is 12.8. The monoisotopic (exact) mass is 334 g/mol. The number of aromatic nitrogens is 2. The lowest BCUT2D eigenvalue weighted by molar-refractivity contribution is -0.139. The Morgan fingerprint density at radius 3 is 2.79 bits per heavy atom. The second kappa shape index (κ2) is 7.44. The summed E-state index contributed by atoms with van der Waals surface area (Å²) in [5.74, 6) is 0.929. The van der Waals surface area contributed by atoms with Crippen LogP contribution in [0.3, 0.4) is 0 Å². The van der Waals surface area contributed by atoms with Gasteiger partial charge in [0.1, 0.15) is 5.82 Å². The molecule has 0 unspecified atom stereocenters. The summed E-state index contributed by atoms with van der Waals surface area (Å²) in [7, 11) is 3.90. The zero-order valence-electron chi connectivity index (χ0n) is 14.5. The second-order valence-electron chi connectivity index (χ2n) is 6.89. The van der Waals surface area contributed by atoms with Gasteiger partial charge >= 0.3 is 0 Å². The lowest BCUT2D eigenvalue weighted by Crippen LogP contribution is -2.38. The smallest absolute Gasteiger partial charge is 0.253 e. The zero-order valence-corrected chi connectivity index (χ0v) is 14.5. The van der Waals surface area contributed by atoms with Gasteiger partial charge in [0.25, 0.3) is 5.56 Å². The van der Waals surface area contributed by atoms with Crippen molar-refractivity contribution in [1.82, 2.24) is 19.4 Å². The largest absolute Gasteiger partial charge is 0.381 e. The number of hydrogen-bond donors (Lipinski definition) is 0. The summed E-state index contributed by atoms with van der Waals surface area (Å²) in [6, 6.07) is 1.61. The fraction of sp³-hybridized carbons (Fsp3) is 0.706. The van der Waals surface area contributed by atoms with Gasteiger partial charge in [-0.2, -0.15) is 0 Å². The molecule has 0 radical (unpaired) electrons. The van der Waals surface area contributed by atoms with E-state index in [2.05, 4.69) is 4.98 Å². The first-order valence-corrected chi connectivity index (χ1v) is 8.65. The number of nitrogens with zero attached hydrogens (tertiary/aromatic N) is 4. The van der Waals surface area contributed by atoms with E-state index in [9.17, 15) is 9.59 Å². The summed E-state index contributed by atoms with van der Waals surface area (Å²) in [5.41, 5.74) is 0.744. The Morgan fingerprint density at radius 1 is 1.33 bits per heavy atom. The van der Waals surface area contributed by atoms with Crippen molar-refractivity contribution in [3.8, 4) is 0 Å². The highest BCUT2D eigenvalue weighted by atomic mass is 16.5. The fourth-order valence-corrected chi connectivity index (χ4v) is 3.43. The minimum atomic E-state index is -0.0165. The van der Waals surface area contributed by atoms with E-state index in [1.54, 1.807) is 10.6 Å². The molecule has 1 saturated heterocycles. The number of carbonyl (C=O) groups is 1. The van der Waals surface area contributed by atoms with Gasteiger partial charge < -0.3 is 14.5 Å². The summed E-state index contributed by atoms with van der Waals surface area (Å²) in [5, 5.41) is 0. The summed E-state index contributed by atoms with van der Waals surface area (Å²) in [6.07, 6.45) is 2.36. The molecule has 0 bridgehead atoms. The Balaban J connectivity index is 1.82. The fourth-order valence-electron chi connectivity index (χ4n) is 3.43. The third kappa shape index (κ3) is 3.84. The van der Waals surface area contributed by atoms with Crippen LogP contribution >= 0.6 is 0 Å². The minimum Gasteiger partial charge on any atom is -0.381 e. The number of carbonyl (C=O) groups excluding carboxylic acids is 1. The van der Waals surface area contributed by atoms with E-state index in [1.807, 2.05) is 23.9 Å². The molecular weight excluding hydrogens is 308 g/mol. The average molecular weight is 334 g/mol. The molecular formula is C17H26N4O3. The van der Waals surface area contributed by atoms with Crippen molar-refractivity contribution in [2.75, 3.05) is 33.9 Å². The van der Waals surface area contributed by atoms with Gasteiger partial charge in [0, 0.05) is 44.8 Å². The lowest BCUT2D eigenvalue weighted by Gasteiger charge is -2.28. The molecule has 3 rings (SSSR count). The highest BCUT2D eigenvalue weighted by Gasteiger charge is 2.28. The molecule has 1 aromatic heterocycles. The third-order valence-electron chi connectivity index (χ3n) is 4.64. The molecule has 1 amide bonds.